The zero-order valence-electron chi connectivity index (χ0n) is 8.82. The third kappa shape index (κ3) is 2.49. The van der Waals surface area contributed by atoms with Crippen LogP contribution in [0.3, 0.4) is 0 Å². The van der Waals surface area contributed by atoms with E-state index in [0.29, 0.717) is 26.4 Å². The monoisotopic (exact) mass is 217 g/mol. The summed E-state index contributed by atoms with van der Waals surface area (Å²) in [4.78, 5) is 0. The molecule has 0 saturated carbocycles. The molecule has 0 bridgehead atoms. The lowest BCUT2D eigenvalue weighted by molar-refractivity contribution is -0.000221. The van der Waals surface area contributed by atoms with E-state index in [4.69, 9.17) is 9.47 Å². The van der Waals surface area contributed by atoms with Crippen molar-refractivity contribution in [3.8, 4) is 0 Å². The Morgan fingerprint density at radius 3 is 2.47 bits per heavy atom. The van der Waals surface area contributed by atoms with Gasteiger partial charge in [0.15, 0.2) is 0 Å². The molecular weight excluding hydrogens is 198 g/mol. The molecule has 2 unspecified atom stereocenters. The number of nitrogens with one attached hydrogen (secondary N) is 1. The van der Waals surface area contributed by atoms with Crippen LogP contribution in [0.1, 0.15) is 12.8 Å². The molecule has 2 atom stereocenters. The number of hydrogen-bond acceptors (Lipinski definition) is 5. The smallest absolute Gasteiger partial charge is 0.0948 e. The molecule has 3 N–H and O–H groups in total. The van der Waals surface area contributed by atoms with Crippen LogP contribution in [-0.2, 0) is 9.47 Å². The van der Waals surface area contributed by atoms with Crippen molar-refractivity contribution in [3.63, 3.8) is 0 Å². The van der Waals surface area contributed by atoms with Crippen molar-refractivity contribution < 1.29 is 19.7 Å². The summed E-state index contributed by atoms with van der Waals surface area (Å²) in [6, 6.07) is -0.0600. The first-order chi connectivity index (χ1) is 7.26. The molecule has 15 heavy (non-hydrogen) atoms. The fourth-order valence-corrected chi connectivity index (χ4v) is 2.18. The lowest BCUT2D eigenvalue weighted by atomic mass is 9.89. The average molecular weight is 217 g/mol. The summed E-state index contributed by atoms with van der Waals surface area (Å²) in [6.45, 7) is 2.31. The molecule has 2 aliphatic heterocycles. The van der Waals surface area contributed by atoms with E-state index in [0.717, 1.165) is 12.8 Å². The average Bonchev–Trinajstić information content (AvgIpc) is 2.66. The lowest BCUT2D eigenvalue weighted by Gasteiger charge is -2.39. The normalized spacial score (nSPS) is 35.6. The largest absolute Gasteiger partial charge is 0.394 e. The molecule has 2 saturated heterocycles. The molecule has 0 aromatic carbocycles. The minimum atomic E-state index is -0.462. The summed E-state index contributed by atoms with van der Waals surface area (Å²) in [6.07, 6.45) is 1.11. The lowest BCUT2D eigenvalue weighted by Crippen LogP contribution is -2.58. The Morgan fingerprint density at radius 1 is 1.20 bits per heavy atom. The SMILES string of the molecule is OCC1(NC2COCC2O)CCOCC1. The van der Waals surface area contributed by atoms with Gasteiger partial charge in [0.1, 0.15) is 0 Å². The van der Waals surface area contributed by atoms with Crippen molar-refractivity contribution in [1.29, 1.82) is 0 Å². The second kappa shape index (κ2) is 4.76. The number of hydrogen-bond donors (Lipinski definition) is 3. The van der Waals surface area contributed by atoms with Gasteiger partial charge in [-0.3, -0.25) is 0 Å². The molecule has 5 nitrogen and oxygen atoms in total. The van der Waals surface area contributed by atoms with Crippen molar-refractivity contribution in [3.05, 3.63) is 0 Å². The Balaban J connectivity index is 1.94. The van der Waals surface area contributed by atoms with Crippen LogP contribution < -0.4 is 5.32 Å². The van der Waals surface area contributed by atoms with Crippen molar-refractivity contribution in [2.75, 3.05) is 33.0 Å². The Morgan fingerprint density at radius 2 is 1.93 bits per heavy atom. The van der Waals surface area contributed by atoms with E-state index in [-0.39, 0.29) is 18.2 Å². The van der Waals surface area contributed by atoms with E-state index >= 15 is 0 Å². The van der Waals surface area contributed by atoms with Crippen LogP contribution in [0.4, 0.5) is 0 Å². The van der Waals surface area contributed by atoms with Crippen LogP contribution in [0, 0.1) is 0 Å². The highest BCUT2D eigenvalue weighted by atomic mass is 16.5. The van der Waals surface area contributed by atoms with Gasteiger partial charge in [-0.25, -0.2) is 0 Å². The number of rotatable bonds is 3. The summed E-state index contributed by atoms with van der Waals surface area (Å²) in [5, 5.41) is 22.4. The molecule has 0 aliphatic carbocycles. The van der Waals surface area contributed by atoms with Crippen molar-refractivity contribution in [2.45, 2.75) is 30.5 Å². The third-order valence-electron chi connectivity index (χ3n) is 3.29. The van der Waals surface area contributed by atoms with Gasteiger partial charge in [0, 0.05) is 18.8 Å². The molecule has 2 rings (SSSR count). The predicted octanol–water partition coefficient (Wildman–Crippen LogP) is -1.12. The van der Waals surface area contributed by atoms with Gasteiger partial charge in [-0.05, 0) is 12.8 Å². The van der Waals surface area contributed by atoms with Crippen molar-refractivity contribution in [2.24, 2.45) is 0 Å². The quantitative estimate of drug-likeness (QED) is 0.558. The highest BCUT2D eigenvalue weighted by Gasteiger charge is 2.37. The van der Waals surface area contributed by atoms with Gasteiger partial charge in [-0.2, -0.15) is 0 Å². The van der Waals surface area contributed by atoms with E-state index in [1.165, 1.54) is 0 Å². The maximum atomic E-state index is 9.63. The Hall–Kier alpha value is -0.200. The summed E-state index contributed by atoms with van der Waals surface area (Å²) in [7, 11) is 0. The van der Waals surface area contributed by atoms with E-state index < -0.39 is 6.10 Å². The van der Waals surface area contributed by atoms with E-state index in [2.05, 4.69) is 5.32 Å². The fourth-order valence-electron chi connectivity index (χ4n) is 2.18. The van der Waals surface area contributed by atoms with Gasteiger partial charge < -0.3 is 25.0 Å². The van der Waals surface area contributed by atoms with Crippen LogP contribution in [0.25, 0.3) is 0 Å². The van der Waals surface area contributed by atoms with Crippen LogP contribution in [-0.4, -0.2) is 60.9 Å². The maximum Gasteiger partial charge on any atom is 0.0948 e. The molecule has 0 amide bonds. The molecule has 0 spiro atoms. The Kier molecular flexibility index (Phi) is 3.58. The molecule has 2 aliphatic rings. The molecule has 0 aromatic heterocycles. The second-order valence-electron chi connectivity index (χ2n) is 4.41. The van der Waals surface area contributed by atoms with E-state index in [1.54, 1.807) is 0 Å². The highest BCUT2D eigenvalue weighted by Crippen LogP contribution is 2.22. The standard InChI is InChI=1S/C10H19NO4/c12-7-10(1-3-14-4-2-10)11-8-5-15-6-9(8)13/h8-9,11-13H,1-7H2. The number of aliphatic hydroxyl groups is 2. The molecule has 2 heterocycles. The number of ether oxygens (including phenoxy) is 2. The van der Waals surface area contributed by atoms with Crippen molar-refractivity contribution >= 4 is 0 Å². The molecular formula is C10H19NO4. The van der Waals surface area contributed by atoms with Gasteiger partial charge in [0.2, 0.25) is 0 Å². The van der Waals surface area contributed by atoms with Gasteiger partial charge in [0.25, 0.3) is 0 Å². The van der Waals surface area contributed by atoms with Gasteiger partial charge in [-0.1, -0.05) is 0 Å². The first kappa shape index (κ1) is 11.3. The van der Waals surface area contributed by atoms with Gasteiger partial charge in [0.05, 0.1) is 32.0 Å². The molecule has 0 aromatic rings. The minimum absolute atomic E-state index is 0.0600. The third-order valence-corrected chi connectivity index (χ3v) is 3.29. The summed E-state index contributed by atoms with van der Waals surface area (Å²) >= 11 is 0. The topological polar surface area (TPSA) is 71.0 Å². The van der Waals surface area contributed by atoms with Gasteiger partial charge >= 0.3 is 0 Å². The molecule has 88 valence electrons. The van der Waals surface area contributed by atoms with Crippen LogP contribution in [0.15, 0.2) is 0 Å². The highest BCUT2D eigenvalue weighted by molar-refractivity contribution is 4.95. The first-order valence-electron chi connectivity index (χ1n) is 5.48. The van der Waals surface area contributed by atoms with Crippen LogP contribution in [0.2, 0.25) is 0 Å². The Labute approximate surface area is 89.4 Å². The summed E-state index contributed by atoms with van der Waals surface area (Å²) in [5.41, 5.74) is -0.294. The van der Waals surface area contributed by atoms with Crippen molar-refractivity contribution in [1.82, 2.24) is 5.32 Å². The summed E-state index contributed by atoms with van der Waals surface area (Å²) < 4.78 is 10.4. The predicted molar refractivity (Wildman–Crippen MR) is 53.6 cm³/mol. The molecule has 5 heteroatoms. The fraction of sp³-hybridized carbons (Fsp3) is 1.00. The van der Waals surface area contributed by atoms with Crippen LogP contribution >= 0.6 is 0 Å². The Bertz CT molecular complexity index is 206. The van der Waals surface area contributed by atoms with Crippen LogP contribution in [0.5, 0.6) is 0 Å². The second-order valence-corrected chi connectivity index (χ2v) is 4.41. The zero-order valence-corrected chi connectivity index (χ0v) is 8.82. The zero-order chi connectivity index (χ0) is 10.7. The van der Waals surface area contributed by atoms with Gasteiger partial charge in [-0.15, -0.1) is 0 Å². The maximum absolute atomic E-state index is 9.63. The minimum Gasteiger partial charge on any atom is -0.394 e. The number of aliphatic hydroxyl groups excluding tert-OH is 2. The summed E-state index contributed by atoms with van der Waals surface area (Å²) in [5.74, 6) is 0. The molecule has 2 fully saturated rings. The molecule has 0 radical (unpaired) electrons. The van der Waals surface area contributed by atoms with E-state index in [1.807, 2.05) is 0 Å². The van der Waals surface area contributed by atoms with E-state index in [9.17, 15) is 10.2 Å². The first-order valence-corrected chi connectivity index (χ1v) is 5.48.